The van der Waals surface area contributed by atoms with Crippen LogP contribution in [0, 0.1) is 11.6 Å². The zero-order valence-corrected chi connectivity index (χ0v) is 13.1. The molecular formula is C17H15F2N3O3. The minimum atomic E-state index is -0.680. The van der Waals surface area contributed by atoms with E-state index in [1.807, 2.05) is 0 Å². The molecule has 0 spiro atoms. The number of hydrogen-bond donors (Lipinski definition) is 3. The van der Waals surface area contributed by atoms with Gasteiger partial charge in [0, 0.05) is 29.9 Å². The van der Waals surface area contributed by atoms with Crippen molar-refractivity contribution in [2.24, 2.45) is 0 Å². The lowest BCUT2D eigenvalue weighted by Crippen LogP contribution is -2.29. The molecule has 0 aromatic heterocycles. The molecule has 2 aromatic rings. The van der Waals surface area contributed by atoms with Crippen molar-refractivity contribution in [3.63, 3.8) is 0 Å². The van der Waals surface area contributed by atoms with E-state index in [0.717, 1.165) is 18.2 Å². The summed E-state index contributed by atoms with van der Waals surface area (Å²) in [5, 5.41) is 11.4. The van der Waals surface area contributed by atoms with Gasteiger partial charge in [-0.25, -0.2) is 14.3 Å². The van der Waals surface area contributed by atoms with Crippen LogP contribution in [0.5, 0.6) is 0 Å². The normalized spacial score (nSPS) is 14.4. The molecule has 2 amide bonds. The molecule has 0 fully saturated rings. The Labute approximate surface area is 142 Å². The smallest absolute Gasteiger partial charge is 0.274 e. The second-order valence-corrected chi connectivity index (χ2v) is 5.74. The van der Waals surface area contributed by atoms with E-state index in [9.17, 15) is 18.4 Å². The van der Waals surface area contributed by atoms with Crippen LogP contribution in [0.4, 0.5) is 14.5 Å². The van der Waals surface area contributed by atoms with Gasteiger partial charge in [-0.3, -0.25) is 19.7 Å². The van der Waals surface area contributed by atoms with Crippen LogP contribution in [0.25, 0.3) is 0 Å². The van der Waals surface area contributed by atoms with Crippen LogP contribution in [0.2, 0.25) is 0 Å². The molecule has 1 aliphatic heterocycles. The maximum atomic E-state index is 13.9. The molecule has 0 bridgehead atoms. The van der Waals surface area contributed by atoms with Gasteiger partial charge in [-0.05, 0) is 42.0 Å². The molecule has 6 nitrogen and oxygen atoms in total. The first-order valence-electron chi connectivity index (χ1n) is 7.50. The Bertz CT molecular complexity index is 842. The molecule has 0 aliphatic carbocycles. The van der Waals surface area contributed by atoms with Crippen molar-refractivity contribution in [2.75, 3.05) is 11.9 Å². The van der Waals surface area contributed by atoms with Crippen LogP contribution >= 0.6 is 0 Å². The third-order valence-corrected chi connectivity index (χ3v) is 3.91. The molecule has 3 rings (SSSR count). The highest BCUT2D eigenvalue weighted by atomic mass is 19.1. The summed E-state index contributed by atoms with van der Waals surface area (Å²) in [6.45, 7) is 0.273. The van der Waals surface area contributed by atoms with Gasteiger partial charge in [0.25, 0.3) is 5.91 Å². The van der Waals surface area contributed by atoms with Gasteiger partial charge in [-0.2, -0.15) is 0 Å². The second kappa shape index (κ2) is 6.96. The molecule has 3 N–H and O–H groups in total. The largest absolute Gasteiger partial charge is 0.325 e. The highest BCUT2D eigenvalue weighted by Crippen LogP contribution is 2.24. The van der Waals surface area contributed by atoms with Crippen molar-refractivity contribution in [3.05, 3.63) is 64.7 Å². The van der Waals surface area contributed by atoms with Crippen molar-refractivity contribution in [1.29, 1.82) is 0 Å². The summed E-state index contributed by atoms with van der Waals surface area (Å²) in [6, 6.07) is 7.72. The summed E-state index contributed by atoms with van der Waals surface area (Å²) >= 11 is 0. The summed E-state index contributed by atoms with van der Waals surface area (Å²) in [6.07, 6.45) is 0. The highest BCUT2D eigenvalue weighted by Gasteiger charge is 2.21. The van der Waals surface area contributed by atoms with E-state index in [1.54, 1.807) is 16.4 Å². The van der Waals surface area contributed by atoms with Crippen molar-refractivity contribution < 1.29 is 23.6 Å². The molecule has 0 saturated heterocycles. The first-order valence-corrected chi connectivity index (χ1v) is 7.50. The molecule has 0 saturated carbocycles. The Morgan fingerprint density at radius 3 is 2.76 bits per heavy atom. The van der Waals surface area contributed by atoms with E-state index < -0.39 is 17.5 Å². The van der Waals surface area contributed by atoms with Crippen LogP contribution < -0.4 is 10.8 Å². The zero-order chi connectivity index (χ0) is 18.0. The maximum absolute atomic E-state index is 13.9. The van der Waals surface area contributed by atoms with Crippen LogP contribution in [-0.4, -0.2) is 28.5 Å². The number of carbonyl (C=O) groups excluding carboxylic acids is 2. The first kappa shape index (κ1) is 17.0. The number of nitrogens with one attached hydrogen (secondary N) is 2. The summed E-state index contributed by atoms with van der Waals surface area (Å²) in [7, 11) is 0. The van der Waals surface area contributed by atoms with E-state index in [1.165, 1.54) is 12.1 Å². The minimum Gasteiger partial charge on any atom is -0.325 e. The number of hydroxylamine groups is 1. The SMILES string of the molecule is O=C1CN(Cc2cc(F)ccc2F)Cc2cc(C(=O)NO)ccc2N1. The predicted octanol–water partition coefficient (Wildman–Crippen LogP) is 2.04. The van der Waals surface area contributed by atoms with Gasteiger partial charge in [0.1, 0.15) is 11.6 Å². The number of amides is 2. The summed E-state index contributed by atoms with van der Waals surface area (Å²) in [5.74, 6) is -2.09. The van der Waals surface area contributed by atoms with Gasteiger partial charge in [-0.1, -0.05) is 0 Å². The van der Waals surface area contributed by atoms with E-state index in [2.05, 4.69) is 5.32 Å². The Morgan fingerprint density at radius 1 is 1.20 bits per heavy atom. The first-order chi connectivity index (χ1) is 12.0. The van der Waals surface area contributed by atoms with E-state index in [-0.39, 0.29) is 36.7 Å². The fraction of sp³-hybridized carbons (Fsp3) is 0.176. The van der Waals surface area contributed by atoms with Crippen LogP contribution in [0.15, 0.2) is 36.4 Å². The van der Waals surface area contributed by atoms with Gasteiger partial charge in [-0.15, -0.1) is 0 Å². The monoisotopic (exact) mass is 347 g/mol. The molecule has 0 radical (unpaired) electrons. The lowest BCUT2D eigenvalue weighted by Gasteiger charge is -2.19. The number of nitrogens with zero attached hydrogens (tertiary/aromatic N) is 1. The summed E-state index contributed by atoms with van der Waals surface area (Å²) in [5.41, 5.74) is 3.06. The number of carbonyl (C=O) groups is 2. The Balaban J connectivity index is 1.89. The van der Waals surface area contributed by atoms with Crippen LogP contribution in [-0.2, 0) is 17.9 Å². The molecular weight excluding hydrogens is 332 g/mol. The predicted molar refractivity (Wildman–Crippen MR) is 84.8 cm³/mol. The number of benzene rings is 2. The fourth-order valence-corrected chi connectivity index (χ4v) is 2.76. The van der Waals surface area contributed by atoms with Crippen molar-refractivity contribution in [3.8, 4) is 0 Å². The minimum absolute atomic E-state index is 0.00777. The average Bonchev–Trinajstić information content (AvgIpc) is 2.74. The molecule has 0 unspecified atom stereocenters. The van der Waals surface area contributed by atoms with Gasteiger partial charge >= 0.3 is 0 Å². The van der Waals surface area contributed by atoms with Gasteiger partial charge in [0.2, 0.25) is 5.91 Å². The van der Waals surface area contributed by atoms with Crippen molar-refractivity contribution >= 4 is 17.5 Å². The van der Waals surface area contributed by atoms with Gasteiger partial charge in [0.05, 0.1) is 6.54 Å². The van der Waals surface area contributed by atoms with E-state index in [4.69, 9.17) is 5.21 Å². The number of rotatable bonds is 3. The van der Waals surface area contributed by atoms with Crippen LogP contribution in [0.1, 0.15) is 21.5 Å². The quantitative estimate of drug-likeness (QED) is 0.586. The fourth-order valence-electron chi connectivity index (χ4n) is 2.76. The standard InChI is InChI=1S/C17H15F2N3O3/c18-13-2-3-14(19)11(6-13)7-22-8-12-5-10(17(24)21-25)1-4-15(12)20-16(23)9-22/h1-6,25H,7-9H2,(H,20,23)(H,21,24). The van der Waals surface area contributed by atoms with E-state index >= 15 is 0 Å². The van der Waals surface area contributed by atoms with Gasteiger partial charge < -0.3 is 5.32 Å². The summed E-state index contributed by atoms with van der Waals surface area (Å²) in [4.78, 5) is 25.2. The number of hydrogen-bond acceptors (Lipinski definition) is 4. The topological polar surface area (TPSA) is 81.7 Å². The molecule has 1 aliphatic rings. The lowest BCUT2D eigenvalue weighted by atomic mass is 10.1. The molecule has 2 aromatic carbocycles. The maximum Gasteiger partial charge on any atom is 0.274 e. The van der Waals surface area contributed by atoms with E-state index in [0.29, 0.717) is 11.3 Å². The second-order valence-electron chi connectivity index (χ2n) is 5.74. The molecule has 1 heterocycles. The Kier molecular flexibility index (Phi) is 4.73. The number of halogens is 2. The molecule has 0 atom stereocenters. The highest BCUT2D eigenvalue weighted by molar-refractivity contribution is 5.97. The third-order valence-electron chi connectivity index (χ3n) is 3.91. The third kappa shape index (κ3) is 3.81. The average molecular weight is 347 g/mol. The van der Waals surface area contributed by atoms with Crippen molar-refractivity contribution in [1.82, 2.24) is 10.4 Å². The summed E-state index contributed by atoms with van der Waals surface area (Å²) < 4.78 is 27.2. The molecule has 130 valence electrons. The zero-order valence-electron chi connectivity index (χ0n) is 13.1. The Hall–Kier alpha value is -2.84. The molecule has 8 heteroatoms. The number of anilines is 1. The van der Waals surface area contributed by atoms with Crippen LogP contribution in [0.3, 0.4) is 0 Å². The number of fused-ring (bicyclic) bond motifs is 1. The van der Waals surface area contributed by atoms with Gasteiger partial charge in [0.15, 0.2) is 0 Å². The lowest BCUT2D eigenvalue weighted by molar-refractivity contribution is -0.117. The Morgan fingerprint density at radius 2 is 2.00 bits per heavy atom. The molecule has 25 heavy (non-hydrogen) atoms. The van der Waals surface area contributed by atoms with Crippen molar-refractivity contribution in [2.45, 2.75) is 13.1 Å².